The monoisotopic (exact) mass is 287 g/mol. The number of benzene rings is 1. The van der Waals surface area contributed by atoms with Crippen LogP contribution in [0.4, 0.5) is 4.79 Å². The van der Waals surface area contributed by atoms with Gasteiger partial charge in [0.25, 0.3) is 0 Å². The van der Waals surface area contributed by atoms with Gasteiger partial charge in [0, 0.05) is 24.6 Å². The second-order valence-corrected chi connectivity index (χ2v) is 6.36. The molecule has 0 radical (unpaired) electrons. The Balaban J connectivity index is 1.51. The molecule has 1 aliphatic carbocycles. The molecule has 1 saturated carbocycles. The fourth-order valence-corrected chi connectivity index (χ4v) is 4.22. The smallest absolute Gasteiger partial charge is 0.407 e. The third-order valence-corrected chi connectivity index (χ3v) is 5.28. The number of aromatic nitrogens is 2. The number of carboxylic acid groups (broad SMARTS) is 1. The summed E-state index contributed by atoms with van der Waals surface area (Å²) >= 11 is 1.63. The predicted octanol–water partition coefficient (Wildman–Crippen LogP) is 2.53. The summed E-state index contributed by atoms with van der Waals surface area (Å²) in [4.78, 5) is 12.4. The SMILES string of the molecule is O=C(O)N1C[C@@H]2C(c3nnc(-c4ccccc4)s3)[C@@H]2C1. The van der Waals surface area contributed by atoms with Crippen LogP contribution in [-0.4, -0.2) is 39.4 Å². The summed E-state index contributed by atoms with van der Waals surface area (Å²) in [6.45, 7) is 1.29. The molecule has 0 bridgehead atoms. The van der Waals surface area contributed by atoms with Gasteiger partial charge in [-0.1, -0.05) is 41.7 Å². The van der Waals surface area contributed by atoms with Crippen molar-refractivity contribution in [3.8, 4) is 10.6 Å². The molecule has 2 aromatic rings. The van der Waals surface area contributed by atoms with E-state index in [4.69, 9.17) is 5.11 Å². The average Bonchev–Trinajstić information content (AvgIpc) is 2.89. The summed E-state index contributed by atoms with van der Waals surface area (Å²) in [6, 6.07) is 10.0. The van der Waals surface area contributed by atoms with Gasteiger partial charge in [0.1, 0.15) is 10.0 Å². The Morgan fingerprint density at radius 1 is 1.20 bits per heavy atom. The maximum Gasteiger partial charge on any atom is 0.407 e. The second-order valence-electron chi connectivity index (χ2n) is 5.35. The van der Waals surface area contributed by atoms with Crippen molar-refractivity contribution in [3.05, 3.63) is 35.3 Å². The van der Waals surface area contributed by atoms with E-state index < -0.39 is 6.09 Å². The highest BCUT2D eigenvalue weighted by Gasteiger charge is 2.58. The molecule has 1 aromatic carbocycles. The van der Waals surface area contributed by atoms with Crippen LogP contribution >= 0.6 is 11.3 Å². The van der Waals surface area contributed by atoms with Gasteiger partial charge >= 0.3 is 6.09 Å². The van der Waals surface area contributed by atoms with Crippen LogP contribution in [0, 0.1) is 11.8 Å². The lowest BCUT2D eigenvalue weighted by atomic mass is 10.2. The predicted molar refractivity (Wildman–Crippen MR) is 74.7 cm³/mol. The molecule has 1 N–H and O–H groups in total. The van der Waals surface area contributed by atoms with Crippen LogP contribution in [-0.2, 0) is 0 Å². The van der Waals surface area contributed by atoms with Gasteiger partial charge in [-0.3, -0.25) is 0 Å². The highest BCUT2D eigenvalue weighted by molar-refractivity contribution is 7.14. The molecule has 1 saturated heterocycles. The number of likely N-dealkylation sites (tertiary alicyclic amines) is 1. The molecule has 5 nitrogen and oxygen atoms in total. The molecule has 2 aliphatic rings. The van der Waals surface area contributed by atoms with Crippen LogP contribution in [0.2, 0.25) is 0 Å². The van der Waals surface area contributed by atoms with Crippen molar-refractivity contribution >= 4 is 17.4 Å². The number of amides is 1. The standard InChI is InChI=1S/C14H13N3O2S/c18-14(19)17-6-9-10(7-17)11(9)13-16-15-12(20-13)8-4-2-1-3-5-8/h1-5,9-11H,6-7H2,(H,18,19)/t9-,10+,11?. The largest absolute Gasteiger partial charge is 0.465 e. The Kier molecular flexibility index (Phi) is 2.53. The number of nitrogens with zero attached hydrogens (tertiary/aromatic N) is 3. The van der Waals surface area contributed by atoms with Crippen molar-refractivity contribution in [1.29, 1.82) is 0 Å². The van der Waals surface area contributed by atoms with Gasteiger partial charge in [-0.25, -0.2) is 4.79 Å². The molecule has 4 rings (SSSR count). The van der Waals surface area contributed by atoms with E-state index in [1.165, 1.54) is 4.90 Å². The van der Waals surface area contributed by atoms with Crippen molar-refractivity contribution in [1.82, 2.24) is 15.1 Å². The van der Waals surface area contributed by atoms with Gasteiger partial charge in [-0.05, 0) is 11.8 Å². The Morgan fingerprint density at radius 3 is 2.55 bits per heavy atom. The highest BCUT2D eigenvalue weighted by atomic mass is 32.1. The molecule has 6 heteroatoms. The van der Waals surface area contributed by atoms with Crippen LogP contribution in [0.1, 0.15) is 10.9 Å². The van der Waals surface area contributed by atoms with Crippen LogP contribution in [0.25, 0.3) is 10.6 Å². The summed E-state index contributed by atoms with van der Waals surface area (Å²) in [6.07, 6.45) is -0.807. The van der Waals surface area contributed by atoms with Crippen LogP contribution in [0.5, 0.6) is 0 Å². The Morgan fingerprint density at radius 2 is 1.90 bits per heavy atom. The quantitative estimate of drug-likeness (QED) is 0.921. The zero-order valence-corrected chi connectivity index (χ0v) is 11.5. The first-order chi connectivity index (χ1) is 9.74. The lowest BCUT2D eigenvalue weighted by molar-refractivity contribution is 0.150. The maximum absolute atomic E-state index is 10.9. The molecule has 2 heterocycles. The van der Waals surface area contributed by atoms with E-state index in [0.29, 0.717) is 30.8 Å². The summed E-state index contributed by atoms with van der Waals surface area (Å²) in [7, 11) is 0. The third-order valence-electron chi connectivity index (χ3n) is 4.21. The van der Waals surface area contributed by atoms with Crippen LogP contribution in [0.15, 0.2) is 30.3 Å². The normalized spacial score (nSPS) is 27.4. The van der Waals surface area contributed by atoms with Gasteiger partial charge in [-0.15, -0.1) is 10.2 Å². The average molecular weight is 287 g/mol. The fourth-order valence-electron chi connectivity index (χ4n) is 3.12. The number of hydrogen-bond donors (Lipinski definition) is 1. The minimum atomic E-state index is -0.807. The van der Waals surface area contributed by atoms with Crippen molar-refractivity contribution in [2.75, 3.05) is 13.1 Å². The van der Waals surface area contributed by atoms with Gasteiger partial charge in [0.15, 0.2) is 0 Å². The maximum atomic E-state index is 10.9. The lowest BCUT2D eigenvalue weighted by Crippen LogP contribution is -2.29. The Hall–Kier alpha value is -1.95. The molecule has 1 unspecified atom stereocenters. The van der Waals surface area contributed by atoms with E-state index in [0.717, 1.165) is 15.6 Å². The van der Waals surface area contributed by atoms with Gasteiger partial charge in [0.05, 0.1) is 0 Å². The molecule has 1 aromatic heterocycles. The summed E-state index contributed by atoms with van der Waals surface area (Å²) in [5.74, 6) is 1.31. The first kappa shape index (κ1) is 11.8. The molecule has 102 valence electrons. The third kappa shape index (κ3) is 1.79. The molecule has 0 spiro atoms. The van der Waals surface area contributed by atoms with E-state index in [-0.39, 0.29) is 0 Å². The van der Waals surface area contributed by atoms with E-state index >= 15 is 0 Å². The van der Waals surface area contributed by atoms with Crippen molar-refractivity contribution in [2.24, 2.45) is 11.8 Å². The van der Waals surface area contributed by atoms with Gasteiger partial charge < -0.3 is 10.0 Å². The minimum absolute atomic E-state index is 0.417. The van der Waals surface area contributed by atoms with E-state index in [1.54, 1.807) is 11.3 Å². The number of carbonyl (C=O) groups is 1. The zero-order valence-electron chi connectivity index (χ0n) is 10.6. The number of piperidine rings is 1. The highest BCUT2D eigenvalue weighted by Crippen LogP contribution is 2.58. The first-order valence-electron chi connectivity index (χ1n) is 6.61. The molecular weight excluding hydrogens is 274 g/mol. The van der Waals surface area contributed by atoms with E-state index in [9.17, 15) is 4.79 Å². The number of hydrogen-bond acceptors (Lipinski definition) is 4. The number of rotatable bonds is 2. The van der Waals surface area contributed by atoms with Gasteiger partial charge in [-0.2, -0.15) is 0 Å². The molecule has 1 amide bonds. The minimum Gasteiger partial charge on any atom is -0.465 e. The van der Waals surface area contributed by atoms with Crippen LogP contribution < -0.4 is 0 Å². The van der Waals surface area contributed by atoms with Crippen molar-refractivity contribution in [3.63, 3.8) is 0 Å². The Bertz CT molecular complexity index is 645. The number of fused-ring (bicyclic) bond motifs is 1. The fraction of sp³-hybridized carbons (Fsp3) is 0.357. The summed E-state index contributed by atoms with van der Waals surface area (Å²) in [5, 5.41) is 19.5. The van der Waals surface area contributed by atoms with Crippen molar-refractivity contribution < 1.29 is 9.90 Å². The topological polar surface area (TPSA) is 66.3 Å². The molecule has 2 fully saturated rings. The molecule has 20 heavy (non-hydrogen) atoms. The molecule has 1 aliphatic heterocycles. The lowest BCUT2D eigenvalue weighted by Gasteiger charge is -2.14. The van der Waals surface area contributed by atoms with E-state index in [1.807, 2.05) is 30.3 Å². The van der Waals surface area contributed by atoms with Crippen molar-refractivity contribution in [2.45, 2.75) is 5.92 Å². The van der Waals surface area contributed by atoms with Gasteiger partial charge in [0.2, 0.25) is 0 Å². The van der Waals surface area contributed by atoms with E-state index in [2.05, 4.69) is 10.2 Å². The zero-order chi connectivity index (χ0) is 13.7. The van der Waals surface area contributed by atoms with Crippen LogP contribution in [0.3, 0.4) is 0 Å². The Labute approximate surface area is 119 Å². The molecular formula is C14H13N3O2S. The summed E-state index contributed by atoms with van der Waals surface area (Å²) in [5.41, 5.74) is 1.09. The summed E-state index contributed by atoms with van der Waals surface area (Å²) < 4.78 is 0. The first-order valence-corrected chi connectivity index (χ1v) is 7.42. The molecule has 3 atom stereocenters. The second kappa shape index (κ2) is 4.28.